The number of aryl methyl sites for hydroxylation is 1. The number of aromatic nitrogens is 2. The van der Waals surface area contributed by atoms with E-state index in [9.17, 15) is 13.6 Å². The van der Waals surface area contributed by atoms with Crippen molar-refractivity contribution in [2.24, 2.45) is 0 Å². The highest BCUT2D eigenvalue weighted by Crippen LogP contribution is 2.37. The second kappa shape index (κ2) is 5.81. The molecule has 1 aliphatic heterocycles. The molecule has 0 unspecified atom stereocenters. The predicted molar refractivity (Wildman–Crippen MR) is 89.9 cm³/mol. The van der Waals surface area contributed by atoms with Gasteiger partial charge in [-0.05, 0) is 47.9 Å². The van der Waals surface area contributed by atoms with Crippen molar-refractivity contribution in [3.8, 4) is 22.3 Å². The molecule has 126 valence electrons. The second-order valence-electron chi connectivity index (χ2n) is 5.95. The minimum absolute atomic E-state index is 0.186. The highest BCUT2D eigenvalue weighted by Gasteiger charge is 2.23. The number of fused-ring (bicyclic) bond motifs is 1. The number of carbonyl (C=O) groups excluding carboxylic acids is 1. The van der Waals surface area contributed by atoms with E-state index >= 15 is 0 Å². The fourth-order valence-corrected chi connectivity index (χ4v) is 3.12. The first kappa shape index (κ1) is 15.5. The van der Waals surface area contributed by atoms with E-state index in [-0.39, 0.29) is 11.5 Å². The summed E-state index contributed by atoms with van der Waals surface area (Å²) < 4.78 is 29.5. The van der Waals surface area contributed by atoms with E-state index in [1.165, 1.54) is 12.1 Å². The number of rotatable bonds is 3. The minimum Gasteiger partial charge on any atom is -0.348 e. The van der Waals surface area contributed by atoms with Crippen LogP contribution in [0.3, 0.4) is 0 Å². The minimum atomic E-state index is -0.664. The van der Waals surface area contributed by atoms with Crippen molar-refractivity contribution in [2.45, 2.75) is 20.0 Å². The van der Waals surface area contributed by atoms with Crippen LogP contribution >= 0.6 is 0 Å². The van der Waals surface area contributed by atoms with Gasteiger partial charge in [0.2, 0.25) is 0 Å². The van der Waals surface area contributed by atoms with Gasteiger partial charge in [-0.3, -0.25) is 9.48 Å². The summed E-state index contributed by atoms with van der Waals surface area (Å²) in [6.07, 6.45) is 3.58. The molecule has 0 saturated heterocycles. The third kappa shape index (κ3) is 2.59. The Kier molecular flexibility index (Phi) is 3.60. The average molecular weight is 339 g/mol. The number of nitrogens with one attached hydrogen (secondary N) is 1. The molecule has 4 rings (SSSR count). The number of hydrogen-bond acceptors (Lipinski definition) is 2. The molecular weight excluding hydrogens is 324 g/mol. The summed E-state index contributed by atoms with van der Waals surface area (Å²) in [5.74, 6) is -1.49. The van der Waals surface area contributed by atoms with Crippen LogP contribution in [0.4, 0.5) is 8.78 Å². The Hall–Kier alpha value is -3.02. The highest BCUT2D eigenvalue weighted by atomic mass is 19.1. The number of carbonyl (C=O) groups is 1. The van der Waals surface area contributed by atoms with Crippen LogP contribution in [0.15, 0.2) is 42.7 Å². The Bertz CT molecular complexity index is 994. The molecule has 1 aromatic heterocycles. The van der Waals surface area contributed by atoms with E-state index in [2.05, 4.69) is 10.4 Å². The Morgan fingerprint density at radius 3 is 2.68 bits per heavy atom. The van der Waals surface area contributed by atoms with Crippen molar-refractivity contribution in [2.75, 3.05) is 0 Å². The third-order valence-corrected chi connectivity index (χ3v) is 4.42. The van der Waals surface area contributed by atoms with Crippen molar-refractivity contribution in [1.82, 2.24) is 15.1 Å². The van der Waals surface area contributed by atoms with Crippen molar-refractivity contribution in [1.29, 1.82) is 0 Å². The predicted octanol–water partition coefficient (Wildman–Crippen LogP) is 3.76. The lowest BCUT2D eigenvalue weighted by atomic mass is 9.91. The van der Waals surface area contributed by atoms with Gasteiger partial charge in [0.1, 0.15) is 11.6 Å². The van der Waals surface area contributed by atoms with E-state index in [0.717, 1.165) is 22.8 Å². The normalized spacial score (nSPS) is 13.0. The summed E-state index contributed by atoms with van der Waals surface area (Å²) >= 11 is 0. The maximum atomic E-state index is 14.4. The van der Waals surface area contributed by atoms with Crippen molar-refractivity contribution in [3.05, 3.63) is 65.5 Å². The van der Waals surface area contributed by atoms with E-state index in [1.807, 2.05) is 19.2 Å². The lowest BCUT2D eigenvalue weighted by Crippen LogP contribution is -2.12. The molecular formula is C19H15F2N3O. The lowest BCUT2D eigenvalue weighted by Gasteiger charge is -2.12. The zero-order valence-corrected chi connectivity index (χ0v) is 13.5. The zero-order valence-electron chi connectivity index (χ0n) is 13.5. The Morgan fingerprint density at radius 2 is 1.96 bits per heavy atom. The highest BCUT2D eigenvalue weighted by molar-refractivity contribution is 6.01. The van der Waals surface area contributed by atoms with Crippen LogP contribution in [0.5, 0.6) is 0 Å². The molecule has 2 aromatic carbocycles. The smallest absolute Gasteiger partial charge is 0.251 e. The summed E-state index contributed by atoms with van der Waals surface area (Å²) in [4.78, 5) is 12.0. The number of benzene rings is 2. The number of halogens is 2. The first-order valence-corrected chi connectivity index (χ1v) is 8.00. The van der Waals surface area contributed by atoms with Crippen molar-refractivity contribution >= 4 is 5.91 Å². The van der Waals surface area contributed by atoms with Crippen molar-refractivity contribution < 1.29 is 13.6 Å². The fourth-order valence-electron chi connectivity index (χ4n) is 3.12. The van der Waals surface area contributed by atoms with E-state index < -0.39 is 11.6 Å². The van der Waals surface area contributed by atoms with Gasteiger partial charge in [0.05, 0.1) is 6.20 Å². The SMILES string of the molecule is CCn1cc(-c2cc3c(cc2-c2ccc(F)cc2F)C(=O)NC3)cn1. The molecule has 1 amide bonds. The molecule has 2 heterocycles. The lowest BCUT2D eigenvalue weighted by molar-refractivity contribution is 0.0966. The van der Waals surface area contributed by atoms with E-state index in [1.54, 1.807) is 16.9 Å². The Labute approximate surface area is 143 Å². The topological polar surface area (TPSA) is 46.9 Å². The largest absolute Gasteiger partial charge is 0.348 e. The van der Waals surface area contributed by atoms with E-state index in [4.69, 9.17) is 0 Å². The molecule has 0 spiro atoms. The molecule has 1 N–H and O–H groups in total. The Morgan fingerprint density at radius 1 is 1.12 bits per heavy atom. The molecule has 0 atom stereocenters. The van der Waals surface area contributed by atoms with Crippen LogP contribution in [0.1, 0.15) is 22.8 Å². The molecule has 0 fully saturated rings. The van der Waals surface area contributed by atoms with Crippen LogP contribution in [-0.2, 0) is 13.1 Å². The van der Waals surface area contributed by atoms with Crippen LogP contribution in [0.25, 0.3) is 22.3 Å². The number of hydrogen-bond donors (Lipinski definition) is 1. The van der Waals surface area contributed by atoms with Crippen LogP contribution in [0.2, 0.25) is 0 Å². The summed E-state index contributed by atoms with van der Waals surface area (Å²) in [7, 11) is 0. The van der Waals surface area contributed by atoms with Gasteiger partial charge >= 0.3 is 0 Å². The first-order chi connectivity index (χ1) is 12.1. The van der Waals surface area contributed by atoms with E-state index in [0.29, 0.717) is 24.2 Å². The van der Waals surface area contributed by atoms with Gasteiger partial charge in [-0.25, -0.2) is 8.78 Å². The molecule has 1 aliphatic rings. The zero-order chi connectivity index (χ0) is 17.6. The van der Waals surface area contributed by atoms with Crippen LogP contribution < -0.4 is 5.32 Å². The molecule has 0 aliphatic carbocycles. The summed E-state index contributed by atoms with van der Waals surface area (Å²) in [6.45, 7) is 3.13. The van der Waals surface area contributed by atoms with Gasteiger partial charge in [0.15, 0.2) is 0 Å². The van der Waals surface area contributed by atoms with Gasteiger partial charge < -0.3 is 5.32 Å². The summed E-state index contributed by atoms with van der Waals surface area (Å²) in [5, 5.41) is 7.04. The maximum absolute atomic E-state index is 14.4. The number of amides is 1. The number of nitrogens with zero attached hydrogens (tertiary/aromatic N) is 2. The molecule has 4 nitrogen and oxygen atoms in total. The molecule has 6 heteroatoms. The Balaban J connectivity index is 1.97. The standard InChI is InChI=1S/C19H15F2N3O/c1-2-24-10-12(9-23-24)15-5-11-8-22-19(25)16(11)7-17(15)14-4-3-13(20)6-18(14)21/h3-7,9-10H,2,8H2,1H3,(H,22,25). The molecule has 0 bridgehead atoms. The van der Waals surface area contributed by atoms with Gasteiger partial charge in [0, 0.05) is 42.0 Å². The summed E-state index contributed by atoms with van der Waals surface area (Å²) in [6, 6.07) is 7.01. The molecule has 25 heavy (non-hydrogen) atoms. The van der Waals surface area contributed by atoms with Gasteiger partial charge in [-0.2, -0.15) is 5.10 Å². The first-order valence-electron chi connectivity index (χ1n) is 8.00. The molecule has 0 saturated carbocycles. The fraction of sp³-hybridized carbons (Fsp3) is 0.158. The average Bonchev–Trinajstić information content (AvgIpc) is 3.21. The van der Waals surface area contributed by atoms with Gasteiger partial charge in [-0.1, -0.05) is 0 Å². The second-order valence-corrected chi connectivity index (χ2v) is 5.95. The molecule has 3 aromatic rings. The van der Waals surface area contributed by atoms with Crippen molar-refractivity contribution in [3.63, 3.8) is 0 Å². The third-order valence-electron chi connectivity index (χ3n) is 4.42. The monoisotopic (exact) mass is 339 g/mol. The molecule has 0 radical (unpaired) electrons. The van der Waals surface area contributed by atoms with Crippen LogP contribution in [-0.4, -0.2) is 15.7 Å². The van der Waals surface area contributed by atoms with Gasteiger partial charge in [0.25, 0.3) is 5.91 Å². The van der Waals surface area contributed by atoms with Gasteiger partial charge in [-0.15, -0.1) is 0 Å². The maximum Gasteiger partial charge on any atom is 0.251 e. The van der Waals surface area contributed by atoms with Crippen LogP contribution in [0, 0.1) is 11.6 Å². The summed E-state index contributed by atoms with van der Waals surface area (Å²) in [5.41, 5.74) is 3.76. The quantitative estimate of drug-likeness (QED) is 0.790.